The third kappa shape index (κ3) is 2.97. The molecule has 0 saturated heterocycles. The van der Waals surface area contributed by atoms with Gasteiger partial charge in [-0.1, -0.05) is 36.4 Å². The summed E-state index contributed by atoms with van der Waals surface area (Å²) in [5.74, 6) is -0.395. The van der Waals surface area contributed by atoms with Crippen molar-refractivity contribution in [2.75, 3.05) is 0 Å². The molecule has 18 heavy (non-hydrogen) atoms. The molecule has 0 bridgehead atoms. The van der Waals surface area contributed by atoms with Gasteiger partial charge in [0.05, 0.1) is 0 Å². The number of carbonyl (C=O) groups is 1. The summed E-state index contributed by atoms with van der Waals surface area (Å²) in [6, 6.07) is 12.6. The van der Waals surface area contributed by atoms with Crippen molar-refractivity contribution in [3.05, 3.63) is 58.3 Å². The zero-order valence-electron chi connectivity index (χ0n) is 10.1. The molecule has 2 aromatic rings. The smallest absolute Gasteiger partial charge is 0.329 e. The Hall–Kier alpha value is -1.65. The van der Waals surface area contributed by atoms with Crippen LogP contribution in [-0.4, -0.2) is 5.97 Å². The first-order valence-electron chi connectivity index (χ1n) is 5.73. The van der Waals surface area contributed by atoms with Crippen molar-refractivity contribution in [3.63, 3.8) is 0 Å². The molecule has 0 amide bonds. The van der Waals surface area contributed by atoms with Crippen LogP contribution in [0, 0.1) is 0 Å². The Morgan fingerprint density at radius 3 is 2.56 bits per heavy atom. The number of nitrogens with two attached hydrogens (primary N) is 1. The summed E-state index contributed by atoms with van der Waals surface area (Å²) in [5, 5.41) is 1.89. The van der Waals surface area contributed by atoms with E-state index in [9.17, 15) is 4.79 Å². The van der Waals surface area contributed by atoms with E-state index in [2.05, 4.69) is 0 Å². The molecule has 0 spiro atoms. The van der Waals surface area contributed by atoms with E-state index >= 15 is 0 Å². The zero-order chi connectivity index (χ0) is 13.0. The summed E-state index contributed by atoms with van der Waals surface area (Å²) in [4.78, 5) is 12.7. The lowest BCUT2D eigenvalue weighted by Crippen LogP contribution is -2.23. The second kappa shape index (κ2) is 5.80. The van der Waals surface area contributed by atoms with E-state index in [1.165, 1.54) is 11.3 Å². The molecule has 2 rings (SSSR count). The van der Waals surface area contributed by atoms with Crippen LogP contribution in [0.5, 0.6) is 0 Å². The molecule has 1 heterocycles. The minimum Gasteiger partial charge on any atom is -0.456 e. The molecule has 2 atom stereocenters. The number of esters is 1. The summed E-state index contributed by atoms with van der Waals surface area (Å²) in [7, 11) is 0. The largest absolute Gasteiger partial charge is 0.456 e. The number of thiophene rings is 1. The highest BCUT2D eigenvalue weighted by Gasteiger charge is 2.21. The predicted octanol–water partition coefficient (Wildman–Crippen LogP) is 3.05. The average molecular weight is 261 g/mol. The van der Waals surface area contributed by atoms with Gasteiger partial charge in [-0.25, -0.2) is 4.79 Å². The summed E-state index contributed by atoms with van der Waals surface area (Å²) in [6.45, 7) is 1.84. The number of carbonyl (C=O) groups excluding carboxylic acids is 1. The summed E-state index contributed by atoms with van der Waals surface area (Å²) in [6.07, 6.45) is -0.287. The van der Waals surface area contributed by atoms with Gasteiger partial charge in [-0.05, 0) is 23.9 Å². The molecule has 2 unspecified atom stereocenters. The average Bonchev–Trinajstić information content (AvgIpc) is 2.92. The van der Waals surface area contributed by atoms with Gasteiger partial charge in [0.2, 0.25) is 0 Å². The van der Waals surface area contributed by atoms with Crippen LogP contribution in [0.4, 0.5) is 0 Å². The maximum absolute atomic E-state index is 11.9. The van der Waals surface area contributed by atoms with E-state index in [-0.39, 0.29) is 6.10 Å². The van der Waals surface area contributed by atoms with Crippen LogP contribution >= 0.6 is 11.3 Å². The van der Waals surface area contributed by atoms with Crippen LogP contribution in [0.1, 0.15) is 29.5 Å². The molecular weight excluding hydrogens is 246 g/mol. The van der Waals surface area contributed by atoms with E-state index in [1.54, 1.807) is 0 Å². The van der Waals surface area contributed by atoms with Gasteiger partial charge >= 0.3 is 5.97 Å². The lowest BCUT2D eigenvalue weighted by atomic mass is 10.1. The topological polar surface area (TPSA) is 52.3 Å². The molecule has 1 aromatic carbocycles. The van der Waals surface area contributed by atoms with Gasteiger partial charge in [-0.2, -0.15) is 0 Å². The Labute approximate surface area is 110 Å². The fourth-order valence-electron chi connectivity index (χ4n) is 1.62. The normalized spacial score (nSPS) is 13.9. The molecule has 0 aliphatic rings. The van der Waals surface area contributed by atoms with Crippen LogP contribution in [0.25, 0.3) is 0 Å². The molecule has 0 saturated carbocycles. The monoisotopic (exact) mass is 261 g/mol. The van der Waals surface area contributed by atoms with E-state index in [0.29, 0.717) is 0 Å². The third-order valence-electron chi connectivity index (χ3n) is 2.67. The third-order valence-corrected chi connectivity index (χ3v) is 3.62. The first kappa shape index (κ1) is 12.8. The Bertz CT molecular complexity index is 496. The van der Waals surface area contributed by atoms with Crippen molar-refractivity contribution >= 4 is 17.3 Å². The van der Waals surface area contributed by atoms with E-state index < -0.39 is 12.0 Å². The molecule has 0 radical (unpaired) electrons. The standard InChI is InChI=1S/C14H15NO2S/c1-10(11-6-3-2-4-7-11)17-14(16)13(15)12-8-5-9-18-12/h2-10,13H,15H2,1H3. The second-order valence-corrected chi connectivity index (χ2v) is 4.96. The Balaban J connectivity index is 1.99. The SMILES string of the molecule is CC(OC(=O)C(N)c1cccs1)c1ccccc1. The highest BCUT2D eigenvalue weighted by molar-refractivity contribution is 7.10. The van der Waals surface area contributed by atoms with E-state index in [4.69, 9.17) is 10.5 Å². The molecule has 0 aliphatic carbocycles. The van der Waals surface area contributed by atoms with Gasteiger partial charge in [-0.3, -0.25) is 0 Å². The van der Waals surface area contributed by atoms with Gasteiger partial charge in [-0.15, -0.1) is 11.3 Å². The zero-order valence-corrected chi connectivity index (χ0v) is 10.9. The Morgan fingerprint density at radius 2 is 1.94 bits per heavy atom. The molecule has 2 N–H and O–H groups in total. The number of benzene rings is 1. The van der Waals surface area contributed by atoms with Crippen molar-refractivity contribution in [2.24, 2.45) is 5.73 Å². The molecule has 4 heteroatoms. The van der Waals surface area contributed by atoms with Crippen LogP contribution in [0.2, 0.25) is 0 Å². The summed E-state index contributed by atoms with van der Waals surface area (Å²) >= 11 is 1.46. The predicted molar refractivity (Wildman–Crippen MR) is 72.2 cm³/mol. The first-order valence-corrected chi connectivity index (χ1v) is 6.61. The summed E-state index contributed by atoms with van der Waals surface area (Å²) in [5.41, 5.74) is 6.81. The highest BCUT2D eigenvalue weighted by Crippen LogP contribution is 2.22. The van der Waals surface area contributed by atoms with Crippen molar-refractivity contribution in [3.8, 4) is 0 Å². The molecule has 94 valence electrons. The van der Waals surface area contributed by atoms with Crippen LogP contribution < -0.4 is 5.73 Å². The van der Waals surface area contributed by atoms with Crippen LogP contribution in [0.3, 0.4) is 0 Å². The maximum atomic E-state index is 11.9. The molecular formula is C14H15NO2S. The number of hydrogen-bond donors (Lipinski definition) is 1. The van der Waals surface area contributed by atoms with E-state index in [0.717, 1.165) is 10.4 Å². The number of hydrogen-bond acceptors (Lipinski definition) is 4. The van der Waals surface area contributed by atoms with Gasteiger partial charge in [0.15, 0.2) is 0 Å². The first-order chi connectivity index (χ1) is 8.68. The number of ether oxygens (including phenoxy) is 1. The Morgan fingerprint density at radius 1 is 1.22 bits per heavy atom. The Kier molecular flexibility index (Phi) is 4.12. The minimum atomic E-state index is -0.698. The van der Waals surface area contributed by atoms with Gasteiger partial charge in [0.25, 0.3) is 0 Å². The van der Waals surface area contributed by atoms with Crippen molar-refractivity contribution < 1.29 is 9.53 Å². The number of rotatable bonds is 4. The molecule has 3 nitrogen and oxygen atoms in total. The molecule has 0 fully saturated rings. The molecule has 0 aliphatic heterocycles. The highest BCUT2D eigenvalue weighted by atomic mass is 32.1. The van der Waals surface area contributed by atoms with Crippen molar-refractivity contribution in [1.29, 1.82) is 0 Å². The van der Waals surface area contributed by atoms with Crippen LogP contribution in [-0.2, 0) is 9.53 Å². The van der Waals surface area contributed by atoms with Crippen molar-refractivity contribution in [1.82, 2.24) is 0 Å². The fraction of sp³-hybridized carbons (Fsp3) is 0.214. The lowest BCUT2D eigenvalue weighted by Gasteiger charge is -2.16. The van der Waals surface area contributed by atoms with Crippen molar-refractivity contribution in [2.45, 2.75) is 19.1 Å². The maximum Gasteiger partial charge on any atom is 0.329 e. The van der Waals surface area contributed by atoms with Crippen LogP contribution in [0.15, 0.2) is 47.8 Å². The fourth-order valence-corrected chi connectivity index (χ4v) is 2.34. The van der Waals surface area contributed by atoms with E-state index in [1.807, 2.05) is 54.8 Å². The van der Waals surface area contributed by atoms with Gasteiger partial charge in [0, 0.05) is 4.88 Å². The molecule has 1 aromatic heterocycles. The lowest BCUT2D eigenvalue weighted by molar-refractivity contribution is -0.150. The summed E-state index contributed by atoms with van der Waals surface area (Å²) < 4.78 is 5.36. The second-order valence-electron chi connectivity index (χ2n) is 3.98. The van der Waals surface area contributed by atoms with Gasteiger partial charge < -0.3 is 10.5 Å². The minimum absolute atomic E-state index is 0.287. The quantitative estimate of drug-likeness (QED) is 0.861. The van der Waals surface area contributed by atoms with Gasteiger partial charge in [0.1, 0.15) is 12.1 Å².